The highest BCUT2D eigenvalue weighted by atomic mass is 28.4. The molecule has 0 saturated carbocycles. The molecule has 1 aromatic carbocycles. The van der Waals surface area contributed by atoms with E-state index in [9.17, 15) is 9.90 Å². The molecule has 1 atom stereocenters. The van der Waals surface area contributed by atoms with E-state index in [0.29, 0.717) is 7.48 Å². The number of nitrogens with zero attached hydrogens (tertiary/aromatic N) is 1. The third-order valence-electron chi connectivity index (χ3n) is 8.83. The average Bonchev–Trinajstić information content (AvgIpc) is 3.28. The molecule has 1 heterocycles. The Morgan fingerprint density at radius 2 is 1.82 bits per heavy atom. The average molecular weight is 474 g/mol. The first-order valence-electron chi connectivity index (χ1n) is 12.4. The predicted molar refractivity (Wildman–Crippen MR) is 139 cm³/mol. The van der Waals surface area contributed by atoms with E-state index in [-0.39, 0.29) is 23.0 Å². The number of carbonyl (C=O) groups is 1. The lowest BCUT2D eigenvalue weighted by molar-refractivity contribution is -0.132. The molecule has 7 heteroatoms. The maximum absolute atomic E-state index is 13.0. The molecule has 1 spiro atoms. The Morgan fingerprint density at radius 3 is 2.42 bits per heavy atom. The van der Waals surface area contributed by atoms with Gasteiger partial charge in [-0.1, -0.05) is 39.0 Å². The summed E-state index contributed by atoms with van der Waals surface area (Å²) in [7, 11) is -1.46. The van der Waals surface area contributed by atoms with Gasteiger partial charge in [0, 0.05) is 18.5 Å². The molecule has 33 heavy (non-hydrogen) atoms. The fourth-order valence-electron chi connectivity index (χ4n) is 4.55. The first-order valence-corrected chi connectivity index (χ1v) is 15.3. The summed E-state index contributed by atoms with van der Waals surface area (Å²) >= 11 is 0. The molecule has 1 unspecified atom stereocenters. The number of likely N-dealkylation sites (tertiary alicyclic amines) is 1. The van der Waals surface area contributed by atoms with E-state index < -0.39 is 19.5 Å². The lowest BCUT2D eigenvalue weighted by atomic mass is 9.76. The predicted octanol–water partition coefficient (Wildman–Crippen LogP) is 3.67. The summed E-state index contributed by atoms with van der Waals surface area (Å²) in [6.45, 7) is 20.2. The highest BCUT2D eigenvalue weighted by Crippen LogP contribution is 2.45. The number of aliphatic hydroxyl groups is 1. The minimum atomic E-state index is -1.94. The van der Waals surface area contributed by atoms with Gasteiger partial charge in [0.2, 0.25) is 5.91 Å². The van der Waals surface area contributed by atoms with E-state index in [1.807, 2.05) is 18.7 Å². The summed E-state index contributed by atoms with van der Waals surface area (Å²) in [6, 6.07) is 6.50. The fraction of sp³-hybridized carbons (Fsp3) is 0.731. The lowest BCUT2D eigenvalue weighted by Crippen LogP contribution is -2.49. The van der Waals surface area contributed by atoms with Crippen molar-refractivity contribution in [2.75, 3.05) is 19.7 Å². The number of rotatable bonds is 7. The largest absolute Gasteiger partial charge is 0.427 e. The monoisotopic (exact) mass is 473 g/mol. The van der Waals surface area contributed by atoms with Crippen LogP contribution in [0.1, 0.15) is 72.4 Å². The van der Waals surface area contributed by atoms with Gasteiger partial charge in [-0.05, 0) is 81.7 Å². The van der Waals surface area contributed by atoms with Crippen molar-refractivity contribution in [3.8, 4) is 0 Å². The Morgan fingerprint density at radius 1 is 1.15 bits per heavy atom. The van der Waals surface area contributed by atoms with Crippen LogP contribution in [0.5, 0.6) is 0 Å². The second-order valence-corrected chi connectivity index (χ2v) is 17.5. The maximum Gasteiger partial charge on any atom is 0.309 e. The van der Waals surface area contributed by atoms with Gasteiger partial charge in [-0.3, -0.25) is 4.79 Å². The van der Waals surface area contributed by atoms with Crippen LogP contribution >= 0.6 is 0 Å². The molecule has 0 aromatic heterocycles. The molecule has 1 fully saturated rings. The Hall–Kier alpha value is -1.15. The summed E-state index contributed by atoms with van der Waals surface area (Å²) in [5.74, 6) is 0.122. The number of fused-ring (bicyclic) bond motifs is 2. The van der Waals surface area contributed by atoms with E-state index >= 15 is 0 Å². The highest BCUT2D eigenvalue weighted by molar-refractivity contribution is 6.74. The van der Waals surface area contributed by atoms with Crippen LogP contribution in [0.4, 0.5) is 0 Å². The SMILES string of the molecule is CC(C)(O)C(C)(C)OBc1cccc2c1CCC21CCN(C(=O)CO[Si](C)(C)C(C)(C)C)C1. The van der Waals surface area contributed by atoms with Crippen LogP contribution in [0.3, 0.4) is 0 Å². The number of carbonyl (C=O) groups excluding carboxylic acids is 1. The van der Waals surface area contributed by atoms with Crippen molar-refractivity contribution in [2.24, 2.45) is 0 Å². The second kappa shape index (κ2) is 8.81. The van der Waals surface area contributed by atoms with Crippen molar-refractivity contribution in [1.82, 2.24) is 4.90 Å². The number of hydrogen-bond acceptors (Lipinski definition) is 4. The van der Waals surface area contributed by atoms with Crippen LogP contribution in [0.2, 0.25) is 18.1 Å². The zero-order valence-electron chi connectivity index (χ0n) is 22.3. The van der Waals surface area contributed by atoms with E-state index in [4.69, 9.17) is 9.08 Å². The summed E-state index contributed by atoms with van der Waals surface area (Å²) < 4.78 is 12.4. The van der Waals surface area contributed by atoms with Crippen molar-refractivity contribution >= 4 is 27.2 Å². The van der Waals surface area contributed by atoms with E-state index in [1.165, 1.54) is 16.6 Å². The molecule has 5 nitrogen and oxygen atoms in total. The molecule has 0 radical (unpaired) electrons. The van der Waals surface area contributed by atoms with Crippen LogP contribution in [0.25, 0.3) is 0 Å². The molecule has 3 rings (SSSR count). The molecule has 2 aliphatic rings. The first kappa shape index (κ1) is 26.5. The molecule has 1 saturated heterocycles. The van der Waals surface area contributed by atoms with Gasteiger partial charge < -0.3 is 19.1 Å². The normalized spacial score (nSPS) is 21.6. The summed E-state index contributed by atoms with van der Waals surface area (Å²) in [4.78, 5) is 15.0. The third-order valence-corrected chi connectivity index (χ3v) is 13.3. The van der Waals surface area contributed by atoms with Crippen molar-refractivity contribution in [1.29, 1.82) is 0 Å². The smallest absolute Gasteiger partial charge is 0.309 e. The number of hydrogen-bond donors (Lipinski definition) is 1. The zero-order chi connectivity index (χ0) is 24.9. The van der Waals surface area contributed by atoms with Crippen LogP contribution < -0.4 is 5.46 Å². The van der Waals surface area contributed by atoms with Crippen molar-refractivity contribution in [3.05, 3.63) is 29.3 Å². The minimum Gasteiger partial charge on any atom is -0.427 e. The van der Waals surface area contributed by atoms with Gasteiger partial charge in [0.25, 0.3) is 0 Å². The Labute approximate surface area is 202 Å². The van der Waals surface area contributed by atoms with Crippen LogP contribution in [0.15, 0.2) is 18.2 Å². The van der Waals surface area contributed by atoms with Crippen LogP contribution in [-0.4, -0.2) is 62.6 Å². The Balaban J connectivity index is 1.69. The molecule has 0 bridgehead atoms. The van der Waals surface area contributed by atoms with E-state index in [1.54, 1.807) is 13.8 Å². The van der Waals surface area contributed by atoms with Gasteiger partial charge in [-0.15, -0.1) is 0 Å². The molecule has 1 aliphatic carbocycles. The van der Waals surface area contributed by atoms with Gasteiger partial charge in [0.05, 0.1) is 11.2 Å². The van der Waals surface area contributed by atoms with Crippen molar-refractivity contribution in [3.63, 3.8) is 0 Å². The van der Waals surface area contributed by atoms with Gasteiger partial charge >= 0.3 is 7.48 Å². The van der Waals surface area contributed by atoms with E-state index in [2.05, 4.69) is 52.1 Å². The quantitative estimate of drug-likeness (QED) is 0.614. The van der Waals surface area contributed by atoms with Crippen LogP contribution in [-0.2, 0) is 25.7 Å². The maximum atomic E-state index is 13.0. The number of benzene rings is 1. The summed E-state index contributed by atoms with van der Waals surface area (Å²) in [5, 5.41) is 10.5. The minimum absolute atomic E-state index is 0.0454. The molecule has 184 valence electrons. The molecule has 1 amide bonds. The van der Waals surface area contributed by atoms with Gasteiger partial charge in [-0.2, -0.15) is 0 Å². The summed E-state index contributed by atoms with van der Waals surface area (Å²) in [5.41, 5.74) is 2.43. The van der Waals surface area contributed by atoms with Crippen LogP contribution in [0, 0.1) is 0 Å². The highest BCUT2D eigenvalue weighted by Gasteiger charge is 2.46. The third kappa shape index (κ3) is 5.26. The fourth-order valence-corrected chi connectivity index (χ4v) is 5.47. The second-order valence-electron chi connectivity index (χ2n) is 12.7. The summed E-state index contributed by atoms with van der Waals surface area (Å²) in [6.07, 6.45) is 3.09. The molecule has 1 aliphatic heterocycles. The van der Waals surface area contributed by atoms with E-state index in [0.717, 1.165) is 32.4 Å². The standard InChI is InChI=1S/C26H44BNO4Si/c1-23(2,3)33(8,9)31-17-22(29)28-16-15-26(18-28)14-13-19-20(26)11-10-12-21(19)27-32-25(6,7)24(4,5)30/h10-12,27,30H,13-18H2,1-9H3. The van der Waals surface area contributed by atoms with Crippen molar-refractivity contribution in [2.45, 2.75) is 102 Å². The topological polar surface area (TPSA) is 59.0 Å². The zero-order valence-corrected chi connectivity index (χ0v) is 23.3. The Bertz CT molecular complexity index is 887. The van der Waals surface area contributed by atoms with Gasteiger partial charge in [-0.25, -0.2) is 0 Å². The molecular formula is C26H44BNO4Si. The van der Waals surface area contributed by atoms with Gasteiger partial charge in [0.1, 0.15) is 6.61 Å². The van der Waals surface area contributed by atoms with Gasteiger partial charge in [0.15, 0.2) is 8.32 Å². The lowest BCUT2D eigenvalue weighted by Gasteiger charge is -2.37. The number of amides is 1. The molecular weight excluding hydrogens is 429 g/mol. The Kier molecular flexibility index (Phi) is 7.07. The first-order chi connectivity index (χ1) is 15.0. The molecule has 1 N–H and O–H groups in total. The van der Waals surface area contributed by atoms with Crippen molar-refractivity contribution < 1.29 is 19.0 Å². The molecule has 1 aromatic rings.